The van der Waals surface area contributed by atoms with Gasteiger partial charge in [0.25, 0.3) is 8.32 Å². The molecule has 0 heterocycles. The highest BCUT2D eigenvalue weighted by molar-refractivity contribution is 6.99. The van der Waals surface area contributed by atoms with E-state index in [-0.39, 0.29) is 33.4 Å². The molecule has 0 amide bonds. The average molecular weight is 958 g/mol. The quantitative estimate of drug-likeness (QED) is 0.119. The molecule has 3 saturated carbocycles. The topological polar surface area (TPSA) is 57.2 Å². The summed E-state index contributed by atoms with van der Waals surface area (Å²) < 4.78 is 29.6. The fraction of sp³-hybridized carbons (Fsp3) is 0.690. The number of aliphatic hydroxyl groups is 1. The first kappa shape index (κ1) is 55.0. The van der Waals surface area contributed by atoms with Gasteiger partial charge in [0.2, 0.25) is 0 Å². The zero-order chi connectivity index (χ0) is 49.1. The lowest BCUT2D eigenvalue weighted by atomic mass is 9.60. The summed E-state index contributed by atoms with van der Waals surface area (Å²) in [7, 11) is -7.20. The molecule has 0 aliphatic heterocycles. The summed E-state index contributed by atoms with van der Waals surface area (Å²) in [6.07, 6.45) is 15.2. The Morgan fingerprint density at radius 3 is 1.85 bits per heavy atom. The molecule has 3 fully saturated rings. The first-order valence-corrected chi connectivity index (χ1v) is 33.7. The van der Waals surface area contributed by atoms with Gasteiger partial charge in [-0.25, -0.2) is 0 Å². The first-order chi connectivity index (χ1) is 30.5. The minimum Gasteiger partial charge on any atom is -0.411 e. The van der Waals surface area contributed by atoms with Gasteiger partial charge in [-0.3, -0.25) is 0 Å². The maximum atomic E-state index is 10.4. The summed E-state index contributed by atoms with van der Waals surface area (Å²) in [5, 5.41) is 13.0. The third kappa shape index (κ3) is 12.5. The second kappa shape index (κ2) is 21.2. The Hall–Kier alpha value is -1.89. The van der Waals surface area contributed by atoms with E-state index in [4.69, 9.17) is 24.6 Å². The smallest absolute Gasteiger partial charge is 0.261 e. The molecule has 370 valence electrons. The van der Waals surface area contributed by atoms with Gasteiger partial charge in [-0.1, -0.05) is 174 Å². The molecule has 2 aromatic carbocycles. The zero-order valence-electron chi connectivity index (χ0n) is 45.2. The number of hydrogen-bond donors (Lipinski definition) is 1. The van der Waals surface area contributed by atoms with E-state index in [1.165, 1.54) is 54.5 Å². The number of rotatable bonds is 18. The van der Waals surface area contributed by atoms with Crippen LogP contribution in [0.25, 0.3) is 0 Å². The number of benzene rings is 2. The van der Waals surface area contributed by atoms with Crippen LogP contribution in [0.1, 0.15) is 154 Å². The lowest BCUT2D eigenvalue weighted by molar-refractivity contribution is -0.0879. The van der Waals surface area contributed by atoms with Crippen molar-refractivity contribution in [1.29, 1.82) is 0 Å². The van der Waals surface area contributed by atoms with Crippen LogP contribution in [0, 0.1) is 23.2 Å². The van der Waals surface area contributed by atoms with Crippen LogP contribution in [0.15, 0.2) is 96.1 Å². The van der Waals surface area contributed by atoms with Crippen LogP contribution < -0.4 is 10.4 Å². The van der Waals surface area contributed by atoms with E-state index in [2.05, 4.69) is 175 Å². The number of ether oxygens (including phenoxy) is 1. The van der Waals surface area contributed by atoms with Crippen molar-refractivity contribution in [2.45, 2.75) is 219 Å². The van der Waals surface area contributed by atoms with Gasteiger partial charge >= 0.3 is 0 Å². The van der Waals surface area contributed by atoms with E-state index in [9.17, 15) is 5.11 Å². The summed E-state index contributed by atoms with van der Waals surface area (Å²) in [5.41, 5.74) is 3.67. The van der Waals surface area contributed by atoms with Crippen LogP contribution in [-0.2, 0) is 18.0 Å². The standard InChI is InChI=1S/C58H96O5Si3/c1-43(28-25-38-57(12,13)59)49-36-37-50-45(29-26-39-58(49,50)14)34-35-46-42-51(62-64(15,16)54(3,4)5)53(52(44(46)2)63-65(17,18)55(6,7)8)60-40-27-41-61-66(56(9,10)11,47-30-21-19-22-31-47)48-32-23-20-24-33-48/h19-24,30-35,43,49-53,59H,2,25-29,36-42H2,1,3-18H3/b45-34+,46-35-/t43-,49?,50+,51-,52-,53-,58-/m1/s1. The molecular formula is C58H96O5Si3. The summed E-state index contributed by atoms with van der Waals surface area (Å²) in [4.78, 5) is 0. The fourth-order valence-corrected chi connectivity index (χ4v) is 18.6. The highest BCUT2D eigenvalue weighted by atomic mass is 28.4. The van der Waals surface area contributed by atoms with E-state index in [0.29, 0.717) is 30.5 Å². The molecule has 66 heavy (non-hydrogen) atoms. The molecular weight excluding hydrogens is 861 g/mol. The lowest BCUT2D eigenvalue weighted by Crippen LogP contribution is -2.66. The number of allylic oxidation sites excluding steroid dienone is 3. The van der Waals surface area contributed by atoms with E-state index in [1.807, 2.05) is 13.8 Å². The van der Waals surface area contributed by atoms with Crippen molar-refractivity contribution in [3.63, 3.8) is 0 Å². The minimum atomic E-state index is -2.68. The Kier molecular flexibility index (Phi) is 17.7. The fourth-order valence-electron chi connectivity index (χ4n) is 11.5. The van der Waals surface area contributed by atoms with Gasteiger partial charge in [-0.05, 0) is 145 Å². The maximum Gasteiger partial charge on any atom is 0.261 e. The van der Waals surface area contributed by atoms with Gasteiger partial charge in [0.15, 0.2) is 16.6 Å². The molecule has 0 saturated heterocycles. The first-order valence-electron chi connectivity index (χ1n) is 26.0. The Balaban J connectivity index is 1.45. The molecule has 2 aromatic rings. The van der Waals surface area contributed by atoms with Crippen LogP contribution in [-0.4, -0.2) is 67.2 Å². The second-order valence-corrected chi connectivity index (χ2v) is 39.7. The van der Waals surface area contributed by atoms with Crippen molar-refractivity contribution in [2.75, 3.05) is 13.2 Å². The molecule has 5 rings (SSSR count). The summed E-state index contributed by atoms with van der Waals surface area (Å²) in [5.74, 6) is 2.00. The molecule has 8 heteroatoms. The third-order valence-corrected chi connectivity index (χ3v) is 31.3. The summed E-state index contributed by atoms with van der Waals surface area (Å²) >= 11 is 0. The molecule has 5 nitrogen and oxygen atoms in total. The second-order valence-electron chi connectivity index (χ2n) is 25.9. The van der Waals surface area contributed by atoms with Gasteiger partial charge in [0.1, 0.15) is 6.10 Å². The molecule has 1 unspecified atom stereocenters. The Morgan fingerprint density at radius 1 is 0.758 bits per heavy atom. The van der Waals surface area contributed by atoms with Crippen LogP contribution in [0.4, 0.5) is 0 Å². The highest BCUT2D eigenvalue weighted by Gasteiger charge is 2.53. The maximum absolute atomic E-state index is 10.4. The van der Waals surface area contributed by atoms with Crippen molar-refractivity contribution >= 4 is 35.3 Å². The van der Waals surface area contributed by atoms with Crippen LogP contribution >= 0.6 is 0 Å². The predicted octanol–water partition coefficient (Wildman–Crippen LogP) is 14.7. The van der Waals surface area contributed by atoms with Crippen molar-refractivity contribution < 1.29 is 23.1 Å². The summed E-state index contributed by atoms with van der Waals surface area (Å²) in [6.45, 7) is 45.6. The predicted molar refractivity (Wildman–Crippen MR) is 289 cm³/mol. The molecule has 3 aliphatic carbocycles. The molecule has 7 atom stereocenters. The van der Waals surface area contributed by atoms with Gasteiger partial charge in [-0.15, -0.1) is 0 Å². The van der Waals surface area contributed by atoms with Gasteiger partial charge in [-0.2, -0.15) is 0 Å². The normalized spacial score (nSPS) is 26.8. The Labute approximate surface area is 408 Å². The molecule has 3 aliphatic rings. The number of hydrogen-bond acceptors (Lipinski definition) is 5. The van der Waals surface area contributed by atoms with Crippen molar-refractivity contribution in [3.05, 3.63) is 96.1 Å². The molecule has 0 aromatic heterocycles. The highest BCUT2D eigenvalue weighted by Crippen LogP contribution is 2.60. The van der Waals surface area contributed by atoms with Crippen LogP contribution in [0.5, 0.6) is 0 Å². The van der Waals surface area contributed by atoms with Crippen LogP contribution in [0.3, 0.4) is 0 Å². The monoisotopic (exact) mass is 957 g/mol. The SMILES string of the molecule is C=C1/C(=C\C=C2/CCC[C@]3(C)C([C@H](C)CCCC(C)(C)O)CC[C@@H]23)C[C@@H](O[Si](C)(C)C(C)(C)C)[C@@H](OCCCO[Si](c2ccccc2)(c2ccccc2)C(C)(C)C)[C@@H]1O[Si](C)(C)C(C)(C)C. The lowest BCUT2D eigenvalue weighted by Gasteiger charge is -2.49. The largest absolute Gasteiger partial charge is 0.411 e. The van der Waals surface area contributed by atoms with E-state index in [0.717, 1.165) is 37.2 Å². The van der Waals surface area contributed by atoms with Crippen molar-refractivity contribution in [2.24, 2.45) is 23.2 Å². The molecule has 1 N–H and O–H groups in total. The van der Waals surface area contributed by atoms with E-state index in [1.54, 1.807) is 5.57 Å². The van der Waals surface area contributed by atoms with Crippen molar-refractivity contribution in [1.82, 2.24) is 0 Å². The molecule has 0 bridgehead atoms. The number of fused-ring (bicyclic) bond motifs is 1. The van der Waals surface area contributed by atoms with Gasteiger partial charge < -0.3 is 23.1 Å². The van der Waals surface area contributed by atoms with Gasteiger partial charge in [0.05, 0.1) is 17.8 Å². The average Bonchev–Trinajstić information content (AvgIpc) is 3.57. The zero-order valence-corrected chi connectivity index (χ0v) is 48.2. The Morgan fingerprint density at radius 2 is 1.32 bits per heavy atom. The van der Waals surface area contributed by atoms with Gasteiger partial charge in [0, 0.05) is 19.6 Å². The minimum absolute atomic E-state index is 0.0115. The molecule has 0 radical (unpaired) electrons. The van der Waals surface area contributed by atoms with Crippen molar-refractivity contribution in [3.8, 4) is 0 Å². The van der Waals surface area contributed by atoms with E-state index < -0.39 is 30.6 Å². The molecule has 0 spiro atoms. The van der Waals surface area contributed by atoms with E-state index >= 15 is 0 Å². The Bertz CT molecular complexity index is 1900. The van der Waals surface area contributed by atoms with Crippen LogP contribution in [0.2, 0.25) is 41.3 Å². The third-order valence-electron chi connectivity index (χ3n) is 17.3. The summed E-state index contributed by atoms with van der Waals surface area (Å²) in [6, 6.07) is 21.9.